The third kappa shape index (κ3) is 5.42. The molecule has 1 fully saturated rings. The molecular formula is C22H23N3O2. The maximum Gasteiger partial charge on any atom is 0.227 e. The quantitative estimate of drug-likeness (QED) is 0.788. The summed E-state index contributed by atoms with van der Waals surface area (Å²) in [5.41, 5.74) is 3.43. The molecule has 0 aliphatic heterocycles. The highest BCUT2D eigenvalue weighted by molar-refractivity contribution is 5.94. The molecule has 2 N–H and O–H groups in total. The average Bonchev–Trinajstić information content (AvgIpc) is 3.52. The Balaban J connectivity index is 1.46. The van der Waals surface area contributed by atoms with Crippen LogP contribution in [0.4, 0.5) is 5.69 Å². The molecule has 5 heteroatoms. The third-order valence-corrected chi connectivity index (χ3v) is 4.73. The minimum Gasteiger partial charge on any atom is -0.350 e. The van der Waals surface area contributed by atoms with E-state index in [1.165, 1.54) is 0 Å². The predicted molar refractivity (Wildman–Crippen MR) is 104 cm³/mol. The van der Waals surface area contributed by atoms with Gasteiger partial charge in [-0.3, -0.25) is 9.59 Å². The van der Waals surface area contributed by atoms with Crippen LogP contribution in [-0.2, 0) is 16.0 Å². The predicted octanol–water partition coefficient (Wildman–Crippen LogP) is 3.72. The highest BCUT2D eigenvalue weighted by Crippen LogP contribution is 2.30. The van der Waals surface area contributed by atoms with Gasteiger partial charge in [0.1, 0.15) is 0 Å². The Kier molecular flexibility index (Phi) is 5.87. The van der Waals surface area contributed by atoms with Crippen molar-refractivity contribution in [1.29, 1.82) is 5.26 Å². The van der Waals surface area contributed by atoms with Crippen molar-refractivity contribution in [2.24, 2.45) is 5.92 Å². The first-order chi connectivity index (χ1) is 13.0. The van der Waals surface area contributed by atoms with Crippen LogP contribution in [0.25, 0.3) is 0 Å². The first-order valence-electron chi connectivity index (χ1n) is 9.24. The van der Waals surface area contributed by atoms with Gasteiger partial charge in [0.2, 0.25) is 11.8 Å². The third-order valence-electron chi connectivity index (χ3n) is 4.73. The zero-order valence-corrected chi connectivity index (χ0v) is 15.4. The smallest absolute Gasteiger partial charge is 0.227 e. The van der Waals surface area contributed by atoms with Crippen LogP contribution in [0.3, 0.4) is 0 Å². The normalized spacial score (nSPS) is 14.1. The molecule has 1 unspecified atom stereocenters. The Hall–Kier alpha value is -3.13. The molecule has 0 radical (unpaired) electrons. The van der Waals surface area contributed by atoms with Crippen molar-refractivity contribution in [3.8, 4) is 6.07 Å². The summed E-state index contributed by atoms with van der Waals surface area (Å²) < 4.78 is 0. The number of aryl methyl sites for hydroxylation is 1. The molecule has 0 saturated heterocycles. The average molecular weight is 361 g/mol. The highest BCUT2D eigenvalue weighted by Gasteiger charge is 2.29. The highest BCUT2D eigenvalue weighted by atomic mass is 16.2. The van der Waals surface area contributed by atoms with Crippen LogP contribution < -0.4 is 10.6 Å². The van der Waals surface area contributed by atoms with Gasteiger partial charge in [-0.05, 0) is 61.6 Å². The maximum absolute atomic E-state index is 12.2. The van der Waals surface area contributed by atoms with Crippen LogP contribution in [0, 0.1) is 17.2 Å². The summed E-state index contributed by atoms with van der Waals surface area (Å²) in [7, 11) is 0. The van der Waals surface area contributed by atoms with Gasteiger partial charge in [-0.15, -0.1) is 0 Å². The molecular weight excluding hydrogens is 338 g/mol. The second-order valence-corrected chi connectivity index (χ2v) is 6.98. The van der Waals surface area contributed by atoms with Crippen molar-refractivity contribution < 1.29 is 9.59 Å². The number of nitrogens with zero attached hydrogens (tertiary/aromatic N) is 1. The molecule has 3 rings (SSSR count). The van der Waals surface area contributed by atoms with E-state index < -0.39 is 0 Å². The van der Waals surface area contributed by atoms with Crippen molar-refractivity contribution in [2.75, 3.05) is 5.32 Å². The van der Waals surface area contributed by atoms with Crippen molar-refractivity contribution in [3.63, 3.8) is 0 Å². The van der Waals surface area contributed by atoms with Gasteiger partial charge < -0.3 is 10.6 Å². The first kappa shape index (κ1) is 18.7. The van der Waals surface area contributed by atoms with Gasteiger partial charge in [-0.1, -0.05) is 24.3 Å². The number of anilines is 1. The van der Waals surface area contributed by atoms with Gasteiger partial charge in [0.15, 0.2) is 0 Å². The number of nitriles is 1. The molecule has 1 atom stereocenters. The summed E-state index contributed by atoms with van der Waals surface area (Å²) in [6, 6.07) is 16.9. The minimum absolute atomic E-state index is 0.0158. The molecule has 27 heavy (non-hydrogen) atoms. The first-order valence-corrected chi connectivity index (χ1v) is 9.24. The van der Waals surface area contributed by atoms with Crippen LogP contribution in [0.2, 0.25) is 0 Å². The molecule has 0 heterocycles. The van der Waals surface area contributed by atoms with Crippen molar-refractivity contribution in [1.82, 2.24) is 5.32 Å². The lowest BCUT2D eigenvalue weighted by atomic mass is 10.1. The minimum atomic E-state index is -0.105. The number of rotatable bonds is 7. The second-order valence-electron chi connectivity index (χ2n) is 6.98. The van der Waals surface area contributed by atoms with E-state index in [4.69, 9.17) is 5.26 Å². The number of hydrogen-bond donors (Lipinski definition) is 2. The van der Waals surface area contributed by atoms with Gasteiger partial charge in [0.25, 0.3) is 0 Å². The fourth-order valence-corrected chi connectivity index (χ4v) is 2.85. The number of carbonyl (C=O) groups is 2. The monoisotopic (exact) mass is 361 g/mol. The molecule has 1 aliphatic carbocycles. The summed E-state index contributed by atoms with van der Waals surface area (Å²) in [4.78, 5) is 24.0. The maximum atomic E-state index is 12.2. The van der Waals surface area contributed by atoms with E-state index >= 15 is 0 Å². The summed E-state index contributed by atoms with van der Waals surface area (Å²) >= 11 is 0. The van der Waals surface area contributed by atoms with E-state index in [-0.39, 0.29) is 23.8 Å². The van der Waals surface area contributed by atoms with Crippen molar-refractivity contribution in [2.45, 2.75) is 38.6 Å². The fourth-order valence-electron chi connectivity index (χ4n) is 2.85. The van der Waals surface area contributed by atoms with Gasteiger partial charge in [-0.2, -0.15) is 5.26 Å². The van der Waals surface area contributed by atoms with Gasteiger partial charge in [-0.25, -0.2) is 0 Å². The Bertz CT molecular complexity index is 847. The number of amides is 2. The molecule has 2 amide bonds. The number of carbonyl (C=O) groups excluding carboxylic acids is 2. The van der Waals surface area contributed by atoms with Crippen LogP contribution in [-0.4, -0.2) is 11.8 Å². The topological polar surface area (TPSA) is 82.0 Å². The number of benzene rings is 2. The Labute approximate surface area is 159 Å². The van der Waals surface area contributed by atoms with Crippen LogP contribution in [0.5, 0.6) is 0 Å². The number of hydrogen-bond acceptors (Lipinski definition) is 3. The summed E-state index contributed by atoms with van der Waals surface area (Å²) in [5.74, 6) is 0.254. The summed E-state index contributed by atoms with van der Waals surface area (Å²) in [5, 5.41) is 14.7. The molecule has 0 bridgehead atoms. The number of nitrogens with one attached hydrogen (secondary N) is 2. The lowest BCUT2D eigenvalue weighted by Gasteiger charge is -2.15. The SMILES string of the molecule is CC(NC(=O)CCc1ccc(C#N)cc1)c1ccc(NC(=O)C2CC2)cc1. The molecule has 1 saturated carbocycles. The zero-order valence-electron chi connectivity index (χ0n) is 15.4. The lowest BCUT2D eigenvalue weighted by Crippen LogP contribution is -2.26. The Morgan fingerprint density at radius 1 is 1.11 bits per heavy atom. The van der Waals surface area contributed by atoms with E-state index in [1.807, 2.05) is 43.3 Å². The summed E-state index contributed by atoms with van der Waals surface area (Å²) in [6.45, 7) is 1.94. The van der Waals surface area contributed by atoms with E-state index in [0.29, 0.717) is 18.4 Å². The van der Waals surface area contributed by atoms with E-state index in [2.05, 4.69) is 16.7 Å². The molecule has 0 spiro atoms. The van der Waals surface area contributed by atoms with Gasteiger partial charge in [0.05, 0.1) is 17.7 Å². The van der Waals surface area contributed by atoms with Crippen LogP contribution >= 0.6 is 0 Å². The fraction of sp³-hybridized carbons (Fsp3) is 0.318. The lowest BCUT2D eigenvalue weighted by molar-refractivity contribution is -0.121. The molecule has 0 aromatic heterocycles. The Morgan fingerprint density at radius 2 is 1.78 bits per heavy atom. The molecule has 5 nitrogen and oxygen atoms in total. The summed E-state index contributed by atoms with van der Waals surface area (Å²) in [6.07, 6.45) is 2.99. The Morgan fingerprint density at radius 3 is 2.37 bits per heavy atom. The van der Waals surface area contributed by atoms with E-state index in [1.54, 1.807) is 12.1 Å². The van der Waals surface area contributed by atoms with Gasteiger partial charge >= 0.3 is 0 Å². The van der Waals surface area contributed by atoms with Crippen molar-refractivity contribution in [3.05, 3.63) is 65.2 Å². The van der Waals surface area contributed by atoms with Gasteiger partial charge in [0, 0.05) is 18.0 Å². The molecule has 2 aromatic carbocycles. The van der Waals surface area contributed by atoms with Crippen LogP contribution in [0.1, 0.15) is 48.9 Å². The van der Waals surface area contributed by atoms with Crippen LogP contribution in [0.15, 0.2) is 48.5 Å². The van der Waals surface area contributed by atoms with E-state index in [9.17, 15) is 9.59 Å². The standard InChI is InChI=1S/C22H23N3O2/c1-15(18-9-11-20(12-10-18)25-22(27)19-7-8-19)24-21(26)13-6-16-2-4-17(14-23)5-3-16/h2-5,9-12,15,19H,6-8,13H2,1H3,(H,24,26)(H,25,27). The molecule has 2 aromatic rings. The zero-order chi connectivity index (χ0) is 19.2. The van der Waals surface area contributed by atoms with Crippen molar-refractivity contribution >= 4 is 17.5 Å². The molecule has 1 aliphatic rings. The van der Waals surface area contributed by atoms with E-state index in [0.717, 1.165) is 29.7 Å². The molecule has 138 valence electrons. The second kappa shape index (κ2) is 8.50. The largest absolute Gasteiger partial charge is 0.350 e.